The predicted octanol–water partition coefficient (Wildman–Crippen LogP) is 5.43. The van der Waals surface area contributed by atoms with Crippen molar-refractivity contribution in [3.8, 4) is 5.88 Å². The molecule has 0 aliphatic heterocycles. The molecule has 2 aromatic heterocycles. The van der Waals surface area contributed by atoms with Crippen LogP contribution in [0, 0.1) is 13.8 Å². The van der Waals surface area contributed by atoms with Crippen LogP contribution in [0.2, 0.25) is 0 Å². The zero-order valence-corrected chi connectivity index (χ0v) is 17.9. The van der Waals surface area contributed by atoms with E-state index in [4.69, 9.17) is 4.74 Å². The summed E-state index contributed by atoms with van der Waals surface area (Å²) in [6.45, 7) is 7.93. The minimum Gasteiger partial charge on any atom is -0.475 e. The van der Waals surface area contributed by atoms with E-state index in [1.165, 1.54) is 11.8 Å². The summed E-state index contributed by atoms with van der Waals surface area (Å²) in [5, 5.41) is 3.71. The fraction of sp³-hybridized carbons (Fsp3) is 0.261. The van der Waals surface area contributed by atoms with Crippen molar-refractivity contribution in [2.75, 3.05) is 5.32 Å². The normalized spacial score (nSPS) is 10.8. The summed E-state index contributed by atoms with van der Waals surface area (Å²) in [6, 6.07) is 13.5. The number of nitrogens with one attached hydrogen (secondary N) is 1. The monoisotopic (exact) mass is 407 g/mol. The Hall–Kier alpha value is -2.86. The molecule has 5 nitrogen and oxygen atoms in total. The SMILES string of the molecule is Cc1ccc(C)c(NC(=O)c2cccnc2SCc2ccnc(OC(C)C)c2)c1. The Balaban J connectivity index is 1.74. The third-order valence-electron chi connectivity index (χ3n) is 4.19. The lowest BCUT2D eigenvalue weighted by atomic mass is 10.1. The summed E-state index contributed by atoms with van der Waals surface area (Å²) >= 11 is 1.52. The van der Waals surface area contributed by atoms with Crippen LogP contribution in [-0.2, 0) is 5.75 Å². The van der Waals surface area contributed by atoms with E-state index in [0.717, 1.165) is 22.4 Å². The van der Waals surface area contributed by atoms with E-state index in [1.54, 1.807) is 24.5 Å². The number of benzene rings is 1. The molecule has 1 amide bonds. The Labute approximate surface area is 175 Å². The number of hydrogen-bond acceptors (Lipinski definition) is 5. The fourth-order valence-electron chi connectivity index (χ4n) is 2.74. The zero-order valence-electron chi connectivity index (χ0n) is 17.1. The van der Waals surface area contributed by atoms with Gasteiger partial charge in [-0.25, -0.2) is 9.97 Å². The van der Waals surface area contributed by atoms with Gasteiger partial charge in [-0.3, -0.25) is 4.79 Å². The molecule has 29 heavy (non-hydrogen) atoms. The molecule has 0 saturated carbocycles. The number of nitrogens with zero attached hydrogens (tertiary/aromatic N) is 2. The highest BCUT2D eigenvalue weighted by atomic mass is 32.2. The highest BCUT2D eigenvalue weighted by Crippen LogP contribution is 2.26. The van der Waals surface area contributed by atoms with Crippen LogP contribution in [0.3, 0.4) is 0 Å². The van der Waals surface area contributed by atoms with Gasteiger partial charge in [0.2, 0.25) is 5.88 Å². The van der Waals surface area contributed by atoms with E-state index in [2.05, 4.69) is 15.3 Å². The molecule has 0 spiro atoms. The van der Waals surface area contributed by atoms with Crippen molar-refractivity contribution in [1.82, 2.24) is 9.97 Å². The molecule has 0 saturated heterocycles. The first-order valence-electron chi connectivity index (χ1n) is 9.50. The van der Waals surface area contributed by atoms with Gasteiger partial charge >= 0.3 is 0 Å². The van der Waals surface area contributed by atoms with Crippen LogP contribution in [0.25, 0.3) is 0 Å². The van der Waals surface area contributed by atoms with Crippen molar-refractivity contribution in [1.29, 1.82) is 0 Å². The summed E-state index contributed by atoms with van der Waals surface area (Å²) in [5.41, 5.74) is 4.57. The second-order valence-electron chi connectivity index (χ2n) is 7.09. The molecule has 0 bridgehead atoms. The molecule has 1 aromatic carbocycles. The molecule has 0 unspecified atom stereocenters. The summed E-state index contributed by atoms with van der Waals surface area (Å²) in [6.07, 6.45) is 3.51. The van der Waals surface area contributed by atoms with Crippen LogP contribution in [-0.4, -0.2) is 22.0 Å². The minimum atomic E-state index is -0.159. The number of pyridine rings is 2. The summed E-state index contributed by atoms with van der Waals surface area (Å²) in [7, 11) is 0. The molecule has 1 N–H and O–H groups in total. The van der Waals surface area contributed by atoms with Crippen molar-refractivity contribution in [3.63, 3.8) is 0 Å². The van der Waals surface area contributed by atoms with Gasteiger partial charge in [0.05, 0.1) is 11.7 Å². The van der Waals surface area contributed by atoms with Crippen molar-refractivity contribution < 1.29 is 9.53 Å². The average Bonchev–Trinajstić information content (AvgIpc) is 2.69. The van der Waals surface area contributed by atoms with Gasteiger partial charge < -0.3 is 10.1 Å². The predicted molar refractivity (Wildman–Crippen MR) is 118 cm³/mol. The number of ether oxygens (including phenoxy) is 1. The summed E-state index contributed by atoms with van der Waals surface area (Å²) < 4.78 is 5.66. The fourth-order valence-corrected chi connectivity index (χ4v) is 3.67. The standard InChI is InChI=1S/C23H25N3O2S/c1-15(2)28-21-13-18(9-11-24-21)14-29-23-19(6-5-10-25-23)22(27)26-20-12-16(3)7-8-17(20)4/h5-13,15H,14H2,1-4H3,(H,26,27). The average molecular weight is 408 g/mol. The van der Waals surface area contributed by atoms with E-state index in [0.29, 0.717) is 22.2 Å². The van der Waals surface area contributed by atoms with Crippen molar-refractivity contribution >= 4 is 23.4 Å². The summed E-state index contributed by atoms with van der Waals surface area (Å²) in [4.78, 5) is 21.5. The van der Waals surface area contributed by atoms with Gasteiger partial charge in [-0.05, 0) is 68.7 Å². The lowest BCUT2D eigenvalue weighted by molar-refractivity contribution is 0.102. The number of hydrogen-bond donors (Lipinski definition) is 1. The number of anilines is 1. The molecular weight excluding hydrogens is 382 g/mol. The molecule has 0 aliphatic carbocycles. The minimum absolute atomic E-state index is 0.0709. The number of amides is 1. The van der Waals surface area contributed by atoms with Crippen LogP contribution in [0.5, 0.6) is 5.88 Å². The van der Waals surface area contributed by atoms with E-state index in [9.17, 15) is 4.79 Å². The largest absolute Gasteiger partial charge is 0.475 e. The van der Waals surface area contributed by atoms with Crippen LogP contribution in [0.4, 0.5) is 5.69 Å². The zero-order chi connectivity index (χ0) is 20.8. The topological polar surface area (TPSA) is 64.1 Å². The summed E-state index contributed by atoms with van der Waals surface area (Å²) in [5.74, 6) is 1.11. The van der Waals surface area contributed by atoms with Gasteiger partial charge in [-0.1, -0.05) is 12.1 Å². The van der Waals surface area contributed by atoms with Crippen LogP contribution in [0.1, 0.15) is 40.9 Å². The van der Waals surface area contributed by atoms with Crippen molar-refractivity contribution in [2.24, 2.45) is 0 Å². The van der Waals surface area contributed by atoms with Gasteiger partial charge in [0.25, 0.3) is 5.91 Å². The Morgan fingerprint density at radius 1 is 1.10 bits per heavy atom. The quantitative estimate of drug-likeness (QED) is 0.530. The second-order valence-corrected chi connectivity index (χ2v) is 8.05. The van der Waals surface area contributed by atoms with E-state index < -0.39 is 0 Å². The lowest BCUT2D eigenvalue weighted by Gasteiger charge is -2.12. The molecule has 2 heterocycles. The molecule has 150 valence electrons. The Morgan fingerprint density at radius 2 is 1.93 bits per heavy atom. The number of aromatic nitrogens is 2. The van der Waals surface area contributed by atoms with Crippen molar-refractivity contribution in [3.05, 3.63) is 77.1 Å². The highest BCUT2D eigenvalue weighted by Gasteiger charge is 2.14. The molecule has 6 heteroatoms. The van der Waals surface area contributed by atoms with Crippen LogP contribution in [0.15, 0.2) is 59.9 Å². The van der Waals surface area contributed by atoms with Gasteiger partial charge in [0, 0.05) is 29.9 Å². The first-order valence-corrected chi connectivity index (χ1v) is 10.5. The van der Waals surface area contributed by atoms with Gasteiger partial charge in [-0.15, -0.1) is 11.8 Å². The molecule has 0 aliphatic rings. The van der Waals surface area contributed by atoms with Gasteiger partial charge in [0.1, 0.15) is 5.03 Å². The highest BCUT2D eigenvalue weighted by molar-refractivity contribution is 7.98. The first-order chi connectivity index (χ1) is 13.9. The Kier molecular flexibility index (Phi) is 6.88. The Morgan fingerprint density at radius 3 is 2.72 bits per heavy atom. The maximum Gasteiger partial charge on any atom is 0.258 e. The van der Waals surface area contributed by atoms with E-state index in [-0.39, 0.29) is 12.0 Å². The molecule has 0 fully saturated rings. The number of carbonyl (C=O) groups is 1. The molecule has 0 atom stereocenters. The first kappa shape index (κ1) is 20.9. The number of rotatable bonds is 7. The number of thioether (sulfide) groups is 1. The second kappa shape index (κ2) is 9.56. The number of carbonyl (C=O) groups excluding carboxylic acids is 1. The van der Waals surface area contributed by atoms with E-state index in [1.807, 2.05) is 58.0 Å². The van der Waals surface area contributed by atoms with Crippen LogP contribution >= 0.6 is 11.8 Å². The molecule has 3 rings (SSSR count). The number of aryl methyl sites for hydroxylation is 2. The van der Waals surface area contributed by atoms with Crippen LogP contribution < -0.4 is 10.1 Å². The third-order valence-corrected chi connectivity index (χ3v) is 5.26. The lowest BCUT2D eigenvalue weighted by Crippen LogP contribution is -2.14. The Bertz CT molecular complexity index is 1000. The van der Waals surface area contributed by atoms with Crippen molar-refractivity contribution in [2.45, 2.75) is 44.6 Å². The molecular formula is C23H25N3O2S. The third kappa shape index (κ3) is 5.81. The molecule has 3 aromatic rings. The smallest absolute Gasteiger partial charge is 0.258 e. The van der Waals surface area contributed by atoms with E-state index >= 15 is 0 Å². The van der Waals surface area contributed by atoms with Gasteiger partial charge in [0.15, 0.2) is 0 Å². The maximum absolute atomic E-state index is 12.9. The molecule has 0 radical (unpaired) electrons. The van der Waals surface area contributed by atoms with Gasteiger partial charge in [-0.2, -0.15) is 0 Å². The maximum atomic E-state index is 12.9.